The second-order valence-corrected chi connectivity index (χ2v) is 5.88. The zero-order valence-corrected chi connectivity index (χ0v) is 12.0. The Morgan fingerprint density at radius 2 is 2.32 bits per heavy atom. The van der Waals surface area contributed by atoms with Crippen LogP contribution >= 0.6 is 0 Å². The maximum atomic E-state index is 10.5. The van der Waals surface area contributed by atoms with Crippen LogP contribution in [0.3, 0.4) is 0 Å². The molecule has 1 aromatic carbocycles. The summed E-state index contributed by atoms with van der Waals surface area (Å²) in [4.78, 5) is 0. The molecule has 0 aliphatic heterocycles. The van der Waals surface area contributed by atoms with Crippen LogP contribution in [0.15, 0.2) is 24.3 Å². The van der Waals surface area contributed by atoms with Gasteiger partial charge >= 0.3 is 0 Å². The van der Waals surface area contributed by atoms with E-state index in [-0.39, 0.29) is 0 Å². The molecule has 2 N–H and O–H groups in total. The molecule has 3 heteroatoms. The lowest BCUT2D eigenvalue weighted by Crippen LogP contribution is -2.43. The Morgan fingerprint density at radius 3 is 3.05 bits per heavy atom. The van der Waals surface area contributed by atoms with Crippen molar-refractivity contribution in [2.75, 3.05) is 13.7 Å². The highest BCUT2D eigenvalue weighted by atomic mass is 16.5. The molecule has 106 valence electrons. The fraction of sp³-hybridized carbons (Fsp3) is 0.625. The molecule has 0 spiro atoms. The Balaban J connectivity index is 1.82. The first-order chi connectivity index (χ1) is 9.11. The van der Waals surface area contributed by atoms with Gasteiger partial charge < -0.3 is 15.2 Å². The quantitative estimate of drug-likeness (QED) is 0.858. The van der Waals surface area contributed by atoms with Crippen molar-refractivity contribution in [3.63, 3.8) is 0 Å². The highest BCUT2D eigenvalue weighted by molar-refractivity contribution is 5.28. The number of rotatable bonds is 5. The predicted molar refractivity (Wildman–Crippen MR) is 77.3 cm³/mol. The average Bonchev–Trinajstić information content (AvgIpc) is 2.38. The Labute approximate surface area is 116 Å². The largest absolute Gasteiger partial charge is 0.497 e. The van der Waals surface area contributed by atoms with Crippen LogP contribution < -0.4 is 10.1 Å². The molecule has 19 heavy (non-hydrogen) atoms. The van der Waals surface area contributed by atoms with Gasteiger partial charge in [-0.05, 0) is 36.5 Å². The third-order valence-electron chi connectivity index (χ3n) is 3.98. The van der Waals surface area contributed by atoms with E-state index in [0.717, 1.165) is 31.6 Å². The minimum atomic E-state index is -0.517. The molecule has 0 saturated heterocycles. The second-order valence-electron chi connectivity index (χ2n) is 5.88. The van der Waals surface area contributed by atoms with Crippen molar-refractivity contribution in [3.05, 3.63) is 29.8 Å². The molecule has 0 bridgehead atoms. The molecule has 1 aliphatic carbocycles. The van der Waals surface area contributed by atoms with Crippen molar-refractivity contribution >= 4 is 0 Å². The molecule has 2 unspecified atom stereocenters. The fourth-order valence-corrected chi connectivity index (χ4v) is 3.01. The normalized spacial score (nSPS) is 27.2. The minimum absolute atomic E-state index is 0.517. The van der Waals surface area contributed by atoms with Crippen LogP contribution in [0.2, 0.25) is 0 Å². The summed E-state index contributed by atoms with van der Waals surface area (Å²) in [5.41, 5.74) is 0.670. The number of nitrogens with one attached hydrogen (secondary N) is 1. The summed E-state index contributed by atoms with van der Waals surface area (Å²) < 4.78 is 5.21. The van der Waals surface area contributed by atoms with Crippen molar-refractivity contribution in [3.8, 4) is 5.75 Å². The summed E-state index contributed by atoms with van der Waals surface area (Å²) in [6.45, 7) is 3.68. The third kappa shape index (κ3) is 4.22. The molecule has 0 amide bonds. The minimum Gasteiger partial charge on any atom is -0.497 e. The maximum Gasteiger partial charge on any atom is 0.119 e. The molecular formula is C16H25NO2. The van der Waals surface area contributed by atoms with Gasteiger partial charge in [0.1, 0.15) is 5.75 Å². The van der Waals surface area contributed by atoms with Crippen LogP contribution in [0.4, 0.5) is 0 Å². The summed E-state index contributed by atoms with van der Waals surface area (Å²) in [6.07, 6.45) is 4.22. The summed E-state index contributed by atoms with van der Waals surface area (Å²) in [5, 5.41) is 13.9. The lowest BCUT2D eigenvalue weighted by molar-refractivity contribution is -0.0119. The van der Waals surface area contributed by atoms with Gasteiger partial charge in [0, 0.05) is 13.1 Å². The van der Waals surface area contributed by atoms with Crippen molar-refractivity contribution in [2.24, 2.45) is 5.92 Å². The van der Waals surface area contributed by atoms with Crippen molar-refractivity contribution < 1.29 is 9.84 Å². The predicted octanol–water partition coefficient (Wildman–Crippen LogP) is 2.73. The number of benzene rings is 1. The molecule has 0 heterocycles. The van der Waals surface area contributed by atoms with E-state index in [2.05, 4.69) is 18.3 Å². The van der Waals surface area contributed by atoms with Gasteiger partial charge in [0.2, 0.25) is 0 Å². The average molecular weight is 263 g/mol. The Morgan fingerprint density at radius 1 is 1.47 bits per heavy atom. The first kappa shape index (κ1) is 14.4. The van der Waals surface area contributed by atoms with E-state index in [9.17, 15) is 5.11 Å². The number of methoxy groups -OCH3 is 1. The number of ether oxygens (including phenoxy) is 1. The lowest BCUT2D eigenvalue weighted by atomic mass is 9.79. The van der Waals surface area contributed by atoms with Gasteiger partial charge in [0.25, 0.3) is 0 Å². The second kappa shape index (κ2) is 6.40. The Hall–Kier alpha value is -1.06. The van der Waals surface area contributed by atoms with Crippen molar-refractivity contribution in [2.45, 2.75) is 44.8 Å². The Bertz CT molecular complexity index is 407. The molecule has 0 aromatic heterocycles. The summed E-state index contributed by atoms with van der Waals surface area (Å²) >= 11 is 0. The highest BCUT2D eigenvalue weighted by Gasteiger charge is 2.31. The molecule has 0 radical (unpaired) electrons. The van der Waals surface area contributed by atoms with Gasteiger partial charge in [-0.15, -0.1) is 0 Å². The number of hydrogen-bond acceptors (Lipinski definition) is 3. The van der Waals surface area contributed by atoms with Gasteiger partial charge in [-0.3, -0.25) is 0 Å². The van der Waals surface area contributed by atoms with E-state index in [1.54, 1.807) is 7.11 Å². The third-order valence-corrected chi connectivity index (χ3v) is 3.98. The molecule has 1 fully saturated rings. The monoisotopic (exact) mass is 263 g/mol. The summed E-state index contributed by atoms with van der Waals surface area (Å²) in [6, 6.07) is 8.04. The van der Waals surface area contributed by atoms with Gasteiger partial charge in [0.15, 0.2) is 0 Å². The smallest absolute Gasteiger partial charge is 0.119 e. The first-order valence-electron chi connectivity index (χ1n) is 7.17. The molecule has 2 atom stereocenters. The van der Waals surface area contributed by atoms with Crippen LogP contribution in [0.1, 0.15) is 38.2 Å². The van der Waals surface area contributed by atoms with Crippen LogP contribution in [-0.4, -0.2) is 24.4 Å². The van der Waals surface area contributed by atoms with Crippen LogP contribution in [0, 0.1) is 5.92 Å². The number of aliphatic hydroxyl groups is 1. The van der Waals surface area contributed by atoms with Crippen molar-refractivity contribution in [1.82, 2.24) is 5.32 Å². The molecule has 1 aromatic rings. The SMILES string of the molecule is COc1cccc(CNCC2(O)CCCC(C)C2)c1. The molecule has 2 rings (SSSR count). The van der Waals surface area contributed by atoms with E-state index < -0.39 is 5.60 Å². The van der Waals surface area contributed by atoms with E-state index >= 15 is 0 Å². The molecule has 1 aliphatic rings. The summed E-state index contributed by atoms with van der Waals surface area (Å²) in [7, 11) is 1.68. The molecular weight excluding hydrogens is 238 g/mol. The van der Waals surface area contributed by atoms with Crippen LogP contribution in [0.5, 0.6) is 5.75 Å². The zero-order valence-electron chi connectivity index (χ0n) is 12.0. The highest BCUT2D eigenvalue weighted by Crippen LogP contribution is 2.31. The van der Waals surface area contributed by atoms with Crippen LogP contribution in [-0.2, 0) is 6.54 Å². The van der Waals surface area contributed by atoms with Crippen molar-refractivity contribution in [1.29, 1.82) is 0 Å². The van der Waals surface area contributed by atoms with Gasteiger partial charge in [-0.2, -0.15) is 0 Å². The van der Waals surface area contributed by atoms with E-state index in [1.807, 2.05) is 18.2 Å². The van der Waals surface area contributed by atoms with E-state index in [4.69, 9.17) is 4.74 Å². The van der Waals surface area contributed by atoms with Gasteiger partial charge in [-0.1, -0.05) is 31.9 Å². The molecule has 1 saturated carbocycles. The number of hydrogen-bond donors (Lipinski definition) is 2. The molecule has 3 nitrogen and oxygen atoms in total. The van der Waals surface area contributed by atoms with Gasteiger partial charge in [-0.25, -0.2) is 0 Å². The van der Waals surface area contributed by atoms with Crippen LogP contribution in [0.25, 0.3) is 0 Å². The lowest BCUT2D eigenvalue weighted by Gasteiger charge is -2.35. The fourth-order valence-electron chi connectivity index (χ4n) is 3.01. The first-order valence-corrected chi connectivity index (χ1v) is 7.17. The van der Waals surface area contributed by atoms with E-state index in [1.165, 1.54) is 12.0 Å². The Kier molecular flexibility index (Phi) is 4.83. The topological polar surface area (TPSA) is 41.5 Å². The standard InChI is InChI=1S/C16H25NO2/c1-13-5-4-8-16(18,10-13)12-17-11-14-6-3-7-15(9-14)19-2/h3,6-7,9,13,17-18H,4-5,8,10-12H2,1-2H3. The summed E-state index contributed by atoms with van der Waals surface area (Å²) in [5.74, 6) is 1.52. The maximum absolute atomic E-state index is 10.5. The van der Waals surface area contributed by atoms with Gasteiger partial charge in [0.05, 0.1) is 12.7 Å². The van der Waals surface area contributed by atoms with E-state index in [0.29, 0.717) is 12.5 Å². The zero-order chi connectivity index (χ0) is 13.7.